The first-order chi connectivity index (χ1) is 27.9. The molecule has 10 rings (SSSR count). The molecule has 0 radical (unpaired) electrons. The molecule has 2 amide bonds. The van der Waals surface area contributed by atoms with Crippen LogP contribution in [0.5, 0.6) is 11.8 Å². The summed E-state index contributed by atoms with van der Waals surface area (Å²) in [5, 5.41) is 3.72. The molecule has 0 spiro atoms. The topological polar surface area (TPSA) is 131 Å². The number of ether oxygens (including phenoxy) is 4. The molecule has 0 aliphatic carbocycles. The molecule has 5 atom stereocenters. The molecule has 6 aliphatic heterocycles. The third-order valence-corrected chi connectivity index (χ3v) is 12.1. The van der Waals surface area contributed by atoms with Crippen LogP contribution < -0.4 is 19.7 Å². The van der Waals surface area contributed by atoms with Gasteiger partial charge in [0, 0.05) is 44.2 Å². The van der Waals surface area contributed by atoms with E-state index < -0.39 is 47.2 Å². The number of alkyl halides is 2. The number of alkyl carbamates (subject to hydrolysis) is 1. The summed E-state index contributed by atoms with van der Waals surface area (Å²) in [5.74, 6) is -1.26. The number of hydrogen-bond acceptors (Lipinski definition) is 11. The van der Waals surface area contributed by atoms with Gasteiger partial charge in [0.05, 0.1) is 48.9 Å². The maximum Gasteiger partial charge on any atom is 0.415 e. The number of fused-ring (bicyclic) bond motifs is 7. The van der Waals surface area contributed by atoms with Crippen LogP contribution in [-0.4, -0.2) is 126 Å². The predicted molar refractivity (Wildman–Crippen MR) is 205 cm³/mol. The number of piperidine rings is 1. The molecule has 308 valence electrons. The summed E-state index contributed by atoms with van der Waals surface area (Å²) < 4.78 is 87.0. The molecule has 2 aromatic heterocycles. The first kappa shape index (κ1) is 38.5. The van der Waals surface area contributed by atoms with Crippen molar-refractivity contribution in [2.24, 2.45) is 0 Å². The number of aromatic nitrogens is 3. The maximum atomic E-state index is 17.5. The SMILES string of the molecule is C[C@@H]1CN(C(=O)Oc2cc3c4c(c(F)ccc4c2)CCCOC(=O)N[C@]2(C)C[C@@H](F)CN(C2)c2nc(OC[C@@]45CCCN4C[C@H](F)C5)nc4c(F)c-3ncc24)CCO1. The molecule has 58 heavy (non-hydrogen) atoms. The highest BCUT2D eigenvalue weighted by Gasteiger charge is 2.49. The number of pyridine rings is 1. The fraction of sp³-hybridized carbons (Fsp3) is 0.537. The molecule has 2 aromatic carbocycles. The highest BCUT2D eigenvalue weighted by Crippen LogP contribution is 2.43. The van der Waals surface area contributed by atoms with Gasteiger partial charge in [0.25, 0.3) is 0 Å². The minimum absolute atomic E-state index is 0.0233. The molecule has 6 aliphatic rings. The number of anilines is 1. The number of nitrogens with one attached hydrogen (secondary N) is 1. The lowest BCUT2D eigenvalue weighted by molar-refractivity contribution is -0.0105. The lowest BCUT2D eigenvalue weighted by Gasteiger charge is -2.42. The van der Waals surface area contributed by atoms with E-state index in [4.69, 9.17) is 23.9 Å². The van der Waals surface area contributed by atoms with Gasteiger partial charge >= 0.3 is 18.2 Å². The summed E-state index contributed by atoms with van der Waals surface area (Å²) in [4.78, 5) is 45.6. The van der Waals surface area contributed by atoms with E-state index in [1.54, 1.807) is 17.9 Å². The van der Waals surface area contributed by atoms with E-state index >= 15 is 13.2 Å². The van der Waals surface area contributed by atoms with Gasteiger partial charge in [0.1, 0.15) is 47.5 Å². The largest absolute Gasteiger partial charge is 0.461 e. The van der Waals surface area contributed by atoms with Crippen LogP contribution >= 0.6 is 0 Å². The van der Waals surface area contributed by atoms with Gasteiger partial charge in [-0.1, -0.05) is 6.07 Å². The van der Waals surface area contributed by atoms with Crippen molar-refractivity contribution < 1.29 is 46.1 Å². The van der Waals surface area contributed by atoms with Crippen LogP contribution in [0.25, 0.3) is 32.9 Å². The molecule has 0 unspecified atom stereocenters. The van der Waals surface area contributed by atoms with E-state index in [0.29, 0.717) is 43.4 Å². The molecular weight excluding hydrogens is 762 g/mol. The highest BCUT2D eigenvalue weighted by molar-refractivity contribution is 6.02. The van der Waals surface area contributed by atoms with Gasteiger partial charge in [-0.05, 0) is 80.6 Å². The molecule has 8 heterocycles. The van der Waals surface area contributed by atoms with E-state index in [1.165, 1.54) is 29.3 Å². The van der Waals surface area contributed by atoms with Crippen LogP contribution in [0.2, 0.25) is 0 Å². The molecule has 13 nitrogen and oxygen atoms in total. The van der Waals surface area contributed by atoms with E-state index in [0.717, 1.165) is 13.0 Å². The van der Waals surface area contributed by atoms with Crippen molar-refractivity contribution in [2.75, 3.05) is 64.0 Å². The lowest BCUT2D eigenvalue weighted by Crippen LogP contribution is -2.60. The first-order valence-electron chi connectivity index (χ1n) is 19.9. The van der Waals surface area contributed by atoms with Crippen molar-refractivity contribution in [3.63, 3.8) is 0 Å². The van der Waals surface area contributed by atoms with Crippen LogP contribution in [0.4, 0.5) is 33.0 Å². The number of rotatable bonds is 4. The zero-order valence-corrected chi connectivity index (χ0v) is 32.4. The average molecular weight is 808 g/mol. The molecule has 17 heteroatoms. The van der Waals surface area contributed by atoms with Gasteiger partial charge in [-0.25, -0.2) is 27.2 Å². The zero-order valence-electron chi connectivity index (χ0n) is 32.4. The van der Waals surface area contributed by atoms with Crippen LogP contribution in [0, 0.1) is 11.6 Å². The summed E-state index contributed by atoms with van der Waals surface area (Å²) in [6.45, 7) is 5.45. The van der Waals surface area contributed by atoms with Gasteiger partial charge in [0.15, 0.2) is 5.82 Å². The number of benzene rings is 2. The number of carbonyl (C=O) groups excluding carboxylic acids is 2. The molecule has 4 saturated heterocycles. The van der Waals surface area contributed by atoms with E-state index in [9.17, 15) is 14.0 Å². The van der Waals surface area contributed by atoms with Crippen molar-refractivity contribution in [1.82, 2.24) is 30.1 Å². The Bertz CT molecular complexity index is 2290. The second-order valence-electron chi connectivity index (χ2n) is 16.6. The Labute approximate surface area is 332 Å². The monoisotopic (exact) mass is 807 g/mol. The number of aryl methyl sites for hydroxylation is 1. The smallest absolute Gasteiger partial charge is 0.415 e. The molecule has 6 bridgehead atoms. The van der Waals surface area contributed by atoms with Gasteiger partial charge < -0.3 is 34.1 Å². The number of nitrogens with zero attached hydrogens (tertiary/aromatic N) is 6. The zero-order chi connectivity index (χ0) is 40.3. The summed E-state index contributed by atoms with van der Waals surface area (Å²) in [5.41, 5.74) is -1.76. The van der Waals surface area contributed by atoms with Crippen molar-refractivity contribution >= 4 is 39.7 Å². The molecule has 0 saturated carbocycles. The molecule has 4 aromatic rings. The number of morpholine rings is 1. The number of hydrogen-bond donors (Lipinski definition) is 1. The summed E-state index contributed by atoms with van der Waals surface area (Å²) in [6.07, 6.45) is -0.506. The predicted octanol–water partition coefficient (Wildman–Crippen LogP) is 6.28. The Balaban J connectivity index is 1.21. The molecule has 1 N–H and O–H groups in total. The van der Waals surface area contributed by atoms with Crippen molar-refractivity contribution in [3.05, 3.63) is 47.7 Å². The van der Waals surface area contributed by atoms with Crippen LogP contribution in [0.3, 0.4) is 0 Å². The van der Waals surface area contributed by atoms with Crippen molar-refractivity contribution in [3.8, 4) is 23.0 Å². The van der Waals surface area contributed by atoms with Gasteiger partial charge in [-0.3, -0.25) is 9.88 Å². The first-order valence-corrected chi connectivity index (χ1v) is 19.9. The Morgan fingerprint density at radius 2 is 1.90 bits per heavy atom. The molecular formula is C41H45F4N7O6. The second kappa shape index (κ2) is 15.0. The molecule has 4 fully saturated rings. The van der Waals surface area contributed by atoms with Gasteiger partial charge in [0.2, 0.25) is 0 Å². The maximum absolute atomic E-state index is 17.5. The van der Waals surface area contributed by atoms with Crippen LogP contribution in [0.15, 0.2) is 30.5 Å². The van der Waals surface area contributed by atoms with E-state index in [2.05, 4.69) is 20.2 Å². The summed E-state index contributed by atoms with van der Waals surface area (Å²) in [7, 11) is 0. The summed E-state index contributed by atoms with van der Waals surface area (Å²) in [6, 6.07) is 5.63. The Hall–Kier alpha value is -5.03. The Morgan fingerprint density at radius 1 is 1.05 bits per heavy atom. The van der Waals surface area contributed by atoms with Crippen LogP contribution in [-0.2, 0) is 15.9 Å². The van der Waals surface area contributed by atoms with Gasteiger partial charge in [-0.2, -0.15) is 9.97 Å². The van der Waals surface area contributed by atoms with Crippen molar-refractivity contribution in [2.45, 2.75) is 81.9 Å². The Kier molecular flexibility index (Phi) is 9.93. The summed E-state index contributed by atoms with van der Waals surface area (Å²) >= 11 is 0. The van der Waals surface area contributed by atoms with Crippen molar-refractivity contribution in [1.29, 1.82) is 0 Å². The van der Waals surface area contributed by atoms with E-state index in [1.807, 2.05) is 6.92 Å². The third-order valence-electron chi connectivity index (χ3n) is 12.1. The Morgan fingerprint density at radius 3 is 2.74 bits per heavy atom. The van der Waals surface area contributed by atoms with Gasteiger partial charge in [-0.15, -0.1) is 0 Å². The number of amides is 2. The number of carbonyl (C=O) groups is 2. The van der Waals surface area contributed by atoms with E-state index in [-0.39, 0.29) is 103 Å². The quantitative estimate of drug-likeness (QED) is 0.234. The minimum atomic E-state index is -1.42. The highest BCUT2D eigenvalue weighted by atomic mass is 19.1. The fourth-order valence-electron chi connectivity index (χ4n) is 9.58. The standard InChI is InChI=1S/C41H45F4N7O6/c1-23-18-50(10-12-55-23)39(54)58-27-13-24-6-7-31(44)28-5-3-11-56-38(53)49-40(2)15-25(42)19-51(21-40)36-30-17-46-34(29(14-27)32(24)28)33(45)35(30)47-37(48-36)57-22-41-8-4-9-52(41)20-26(43)16-41/h6-7,13-14,17,23,25-26H,3-5,8-12,15-16,18-22H2,1-2H3,(H,49,53)/t23-,25-,26-,40-,41+/m1/s1. The lowest BCUT2D eigenvalue weighted by atomic mass is 9.90. The minimum Gasteiger partial charge on any atom is -0.461 e. The third kappa shape index (κ3) is 7.20. The fourth-order valence-corrected chi connectivity index (χ4v) is 9.58. The average Bonchev–Trinajstić information content (AvgIpc) is 3.71. The normalized spacial score (nSPS) is 27.8. The second-order valence-corrected chi connectivity index (χ2v) is 16.6. The number of halogens is 4. The van der Waals surface area contributed by atoms with Crippen LogP contribution in [0.1, 0.15) is 51.5 Å².